The second kappa shape index (κ2) is 6.39. The maximum absolute atomic E-state index is 12.1. The summed E-state index contributed by atoms with van der Waals surface area (Å²) in [7, 11) is 0. The summed E-state index contributed by atoms with van der Waals surface area (Å²) in [6, 6.07) is 3.30. The van der Waals surface area contributed by atoms with Crippen molar-refractivity contribution in [3.63, 3.8) is 0 Å². The molecule has 1 aromatic heterocycles. The van der Waals surface area contributed by atoms with E-state index in [1.54, 1.807) is 19.9 Å². The Bertz CT molecular complexity index is 472. The van der Waals surface area contributed by atoms with Crippen LogP contribution < -0.4 is 5.32 Å². The molecule has 1 heterocycles. The quantitative estimate of drug-likeness (QED) is 0.893. The number of carbonyl (C=O) groups is 1. The van der Waals surface area contributed by atoms with Gasteiger partial charge in [0.15, 0.2) is 5.82 Å². The molecule has 6 heteroatoms. The van der Waals surface area contributed by atoms with Crippen LogP contribution in [0.5, 0.6) is 0 Å². The number of nitrogens with one attached hydrogen (secondary N) is 1. The van der Waals surface area contributed by atoms with E-state index in [0.717, 1.165) is 5.69 Å². The Labute approximate surface area is 126 Å². The van der Waals surface area contributed by atoms with Crippen molar-refractivity contribution in [1.29, 1.82) is 0 Å². The Kier molecular flexibility index (Phi) is 5.28. The third-order valence-corrected chi connectivity index (χ3v) is 2.91. The highest BCUT2D eigenvalue weighted by atomic mass is 16.3. The summed E-state index contributed by atoms with van der Waals surface area (Å²) in [6.07, 6.45) is 0. The van der Waals surface area contributed by atoms with Crippen LogP contribution in [0, 0.1) is 0 Å². The average molecular weight is 294 g/mol. The van der Waals surface area contributed by atoms with E-state index >= 15 is 0 Å². The SMILES string of the molecule is CCN(CC(C)(C)O)C(=O)Nc1ccc(C(C)(C)C)nn1. The molecule has 0 aliphatic carbocycles. The van der Waals surface area contributed by atoms with E-state index in [9.17, 15) is 9.90 Å². The number of likely N-dealkylation sites (N-methyl/N-ethyl adjacent to an activating group) is 1. The first-order chi connectivity index (χ1) is 9.53. The van der Waals surface area contributed by atoms with Gasteiger partial charge in [0.05, 0.1) is 17.8 Å². The van der Waals surface area contributed by atoms with Gasteiger partial charge in [-0.25, -0.2) is 4.79 Å². The van der Waals surface area contributed by atoms with E-state index in [1.165, 1.54) is 4.90 Å². The van der Waals surface area contributed by atoms with Gasteiger partial charge in [-0.3, -0.25) is 5.32 Å². The van der Waals surface area contributed by atoms with Crippen LogP contribution >= 0.6 is 0 Å². The van der Waals surface area contributed by atoms with Crippen molar-refractivity contribution < 1.29 is 9.90 Å². The minimum absolute atomic E-state index is 0.0775. The summed E-state index contributed by atoms with van der Waals surface area (Å²) in [5.41, 5.74) is -0.148. The molecule has 21 heavy (non-hydrogen) atoms. The summed E-state index contributed by atoms with van der Waals surface area (Å²) in [5.74, 6) is 0.405. The van der Waals surface area contributed by atoms with Crippen LogP contribution in [0.3, 0.4) is 0 Å². The molecule has 1 rings (SSSR count). The van der Waals surface area contributed by atoms with E-state index in [2.05, 4.69) is 36.3 Å². The number of anilines is 1. The van der Waals surface area contributed by atoms with Crippen LogP contribution in [0.1, 0.15) is 47.2 Å². The summed E-state index contributed by atoms with van der Waals surface area (Å²) in [4.78, 5) is 13.7. The number of aromatic nitrogens is 2. The Balaban J connectivity index is 2.74. The zero-order valence-electron chi connectivity index (χ0n) is 13.8. The van der Waals surface area contributed by atoms with Gasteiger partial charge in [0.25, 0.3) is 0 Å². The normalized spacial score (nSPS) is 12.1. The van der Waals surface area contributed by atoms with Crippen molar-refractivity contribution >= 4 is 11.8 Å². The smallest absolute Gasteiger partial charge is 0.323 e. The van der Waals surface area contributed by atoms with Gasteiger partial charge >= 0.3 is 6.03 Å². The summed E-state index contributed by atoms with van der Waals surface area (Å²) < 4.78 is 0. The fraction of sp³-hybridized carbons (Fsp3) is 0.667. The molecule has 0 unspecified atom stereocenters. The molecule has 1 aromatic rings. The number of urea groups is 1. The number of amides is 2. The van der Waals surface area contributed by atoms with E-state index in [-0.39, 0.29) is 18.0 Å². The molecular weight excluding hydrogens is 268 g/mol. The first-order valence-electron chi connectivity index (χ1n) is 7.15. The second-order valence-electron chi connectivity index (χ2n) is 6.81. The molecule has 0 spiro atoms. The molecule has 0 aliphatic heterocycles. The van der Waals surface area contributed by atoms with Crippen LogP contribution in [-0.4, -0.2) is 44.9 Å². The molecule has 2 N–H and O–H groups in total. The van der Waals surface area contributed by atoms with Crippen LogP contribution in [0.4, 0.5) is 10.6 Å². The average Bonchev–Trinajstić information content (AvgIpc) is 2.34. The highest BCUT2D eigenvalue weighted by Crippen LogP contribution is 2.19. The van der Waals surface area contributed by atoms with Crippen LogP contribution in [0.25, 0.3) is 0 Å². The maximum Gasteiger partial charge on any atom is 0.323 e. The number of hydrogen-bond acceptors (Lipinski definition) is 4. The molecule has 0 fully saturated rings. The summed E-state index contributed by atoms with van der Waals surface area (Å²) in [6.45, 7) is 12.1. The lowest BCUT2D eigenvalue weighted by Gasteiger charge is -2.28. The summed E-state index contributed by atoms with van der Waals surface area (Å²) in [5, 5.41) is 20.7. The Morgan fingerprint density at radius 3 is 2.24 bits per heavy atom. The van der Waals surface area contributed by atoms with Gasteiger partial charge < -0.3 is 10.0 Å². The zero-order valence-corrected chi connectivity index (χ0v) is 13.8. The van der Waals surface area contributed by atoms with Crippen molar-refractivity contribution in [2.45, 2.75) is 52.6 Å². The van der Waals surface area contributed by atoms with Gasteiger partial charge in [-0.1, -0.05) is 20.8 Å². The standard InChI is InChI=1S/C15H26N4O2/c1-7-19(10-15(5,6)21)13(20)16-12-9-8-11(17-18-12)14(2,3)4/h8-9,21H,7,10H2,1-6H3,(H,16,18,20). The molecule has 6 nitrogen and oxygen atoms in total. The maximum atomic E-state index is 12.1. The molecule has 118 valence electrons. The van der Waals surface area contributed by atoms with Crippen LogP contribution in [0.15, 0.2) is 12.1 Å². The Morgan fingerprint density at radius 1 is 1.24 bits per heavy atom. The van der Waals surface area contributed by atoms with Crippen LogP contribution in [0.2, 0.25) is 0 Å². The van der Waals surface area contributed by atoms with Gasteiger partial charge in [0.1, 0.15) is 0 Å². The Morgan fingerprint density at radius 2 is 1.86 bits per heavy atom. The molecule has 0 saturated carbocycles. The highest BCUT2D eigenvalue weighted by Gasteiger charge is 2.22. The number of hydrogen-bond donors (Lipinski definition) is 2. The molecule has 2 amide bonds. The molecule has 0 saturated heterocycles. The molecule has 0 bridgehead atoms. The third kappa shape index (κ3) is 5.67. The number of carbonyl (C=O) groups excluding carboxylic acids is 1. The van der Waals surface area contributed by atoms with Gasteiger partial charge in [-0.15, -0.1) is 5.10 Å². The highest BCUT2D eigenvalue weighted by molar-refractivity contribution is 5.88. The molecule has 0 atom stereocenters. The van der Waals surface area contributed by atoms with Gasteiger partial charge in [-0.05, 0) is 32.9 Å². The van der Waals surface area contributed by atoms with E-state index in [0.29, 0.717) is 12.4 Å². The number of aliphatic hydroxyl groups is 1. The number of nitrogens with zero attached hydrogens (tertiary/aromatic N) is 3. The minimum atomic E-state index is -0.935. The van der Waals surface area contributed by atoms with Crippen molar-refractivity contribution in [2.24, 2.45) is 0 Å². The van der Waals surface area contributed by atoms with Gasteiger partial charge in [-0.2, -0.15) is 5.10 Å². The van der Waals surface area contributed by atoms with E-state index in [1.807, 2.05) is 13.0 Å². The largest absolute Gasteiger partial charge is 0.389 e. The van der Waals surface area contributed by atoms with Crippen molar-refractivity contribution in [2.75, 3.05) is 18.4 Å². The summed E-state index contributed by atoms with van der Waals surface area (Å²) >= 11 is 0. The molecule has 0 aromatic carbocycles. The monoisotopic (exact) mass is 294 g/mol. The van der Waals surface area contributed by atoms with Crippen molar-refractivity contribution in [3.8, 4) is 0 Å². The number of rotatable bonds is 4. The van der Waals surface area contributed by atoms with Crippen molar-refractivity contribution in [1.82, 2.24) is 15.1 Å². The van der Waals surface area contributed by atoms with E-state index in [4.69, 9.17) is 0 Å². The van der Waals surface area contributed by atoms with Crippen molar-refractivity contribution in [3.05, 3.63) is 17.8 Å². The molecule has 0 radical (unpaired) electrons. The second-order valence-corrected chi connectivity index (χ2v) is 6.81. The van der Waals surface area contributed by atoms with Crippen LogP contribution in [-0.2, 0) is 5.41 Å². The lowest BCUT2D eigenvalue weighted by molar-refractivity contribution is 0.0501. The fourth-order valence-electron chi connectivity index (χ4n) is 1.78. The lowest BCUT2D eigenvalue weighted by Crippen LogP contribution is -2.44. The zero-order chi connectivity index (χ0) is 16.3. The topological polar surface area (TPSA) is 78.4 Å². The van der Waals surface area contributed by atoms with Gasteiger partial charge in [0, 0.05) is 12.0 Å². The van der Waals surface area contributed by atoms with E-state index < -0.39 is 5.60 Å². The Hall–Kier alpha value is -1.69. The predicted molar refractivity (Wildman–Crippen MR) is 83.3 cm³/mol. The lowest BCUT2D eigenvalue weighted by atomic mass is 9.92. The molecule has 0 aliphatic rings. The third-order valence-electron chi connectivity index (χ3n) is 2.91. The van der Waals surface area contributed by atoms with Gasteiger partial charge in [0.2, 0.25) is 0 Å². The first kappa shape index (κ1) is 17.4. The predicted octanol–water partition coefficient (Wildman–Crippen LogP) is 2.40. The first-order valence-corrected chi connectivity index (χ1v) is 7.15. The minimum Gasteiger partial charge on any atom is -0.389 e. The fourth-order valence-corrected chi connectivity index (χ4v) is 1.78. The molecular formula is C15H26N4O2.